The van der Waals surface area contributed by atoms with Crippen LogP contribution in [0.4, 0.5) is 11.4 Å². The van der Waals surface area contributed by atoms with E-state index in [1.807, 2.05) is 24.4 Å². The van der Waals surface area contributed by atoms with Crippen molar-refractivity contribution in [2.24, 2.45) is 0 Å². The molecule has 1 N–H and O–H groups in total. The van der Waals surface area contributed by atoms with Crippen LogP contribution >= 0.6 is 24.0 Å². The van der Waals surface area contributed by atoms with E-state index in [4.69, 9.17) is 17.2 Å². The molecule has 9 heteroatoms. The normalized spacial score (nSPS) is 16.3. The molecule has 0 saturated carbocycles. The molecule has 1 saturated heterocycles. The third-order valence-electron chi connectivity index (χ3n) is 8.14. The lowest BCUT2D eigenvalue weighted by atomic mass is 9.96. The molecule has 7 nitrogen and oxygen atoms in total. The number of benzene rings is 3. The van der Waals surface area contributed by atoms with E-state index in [0.29, 0.717) is 5.11 Å². The molecule has 1 aliphatic heterocycles. The number of nitrogens with one attached hydrogen (secondary N) is 1. The Bertz CT molecular complexity index is 1850. The van der Waals surface area contributed by atoms with E-state index < -0.39 is 0 Å². The van der Waals surface area contributed by atoms with Gasteiger partial charge < -0.3 is 14.8 Å². The minimum absolute atomic E-state index is 0.0836. The van der Waals surface area contributed by atoms with Crippen LogP contribution in [0.5, 0.6) is 0 Å². The zero-order valence-corrected chi connectivity index (χ0v) is 26.9. The fraction of sp³-hybridized carbons (Fsp3) is 0.200. The van der Waals surface area contributed by atoms with Crippen molar-refractivity contribution < 1.29 is 4.92 Å². The maximum absolute atomic E-state index is 11.0. The Morgan fingerprint density at radius 1 is 0.886 bits per heavy atom. The second-order valence-electron chi connectivity index (χ2n) is 11.3. The molecule has 222 valence electrons. The van der Waals surface area contributed by atoms with Gasteiger partial charge >= 0.3 is 0 Å². The first kappa shape index (κ1) is 29.6. The smallest absolute Gasteiger partial charge is 0.269 e. The van der Waals surface area contributed by atoms with E-state index in [0.717, 1.165) is 21.2 Å². The molecule has 0 bridgehead atoms. The van der Waals surface area contributed by atoms with Gasteiger partial charge in [-0.25, -0.2) is 0 Å². The third kappa shape index (κ3) is 5.49. The molecule has 1 fully saturated rings. The number of hydrogen-bond donors (Lipinski definition) is 1. The average molecular weight is 620 g/mol. The zero-order valence-electron chi connectivity index (χ0n) is 25.2. The Kier molecular flexibility index (Phi) is 8.00. The van der Waals surface area contributed by atoms with E-state index >= 15 is 0 Å². The van der Waals surface area contributed by atoms with Gasteiger partial charge in [0.05, 0.1) is 28.4 Å². The number of pyridine rings is 1. The molecule has 2 atom stereocenters. The molecule has 44 heavy (non-hydrogen) atoms. The molecular weight excluding hydrogens is 587 g/mol. The number of aromatic nitrogens is 2. The molecule has 0 unspecified atom stereocenters. The fourth-order valence-corrected chi connectivity index (χ4v) is 7.51. The molecule has 0 aliphatic carbocycles. The third-order valence-corrected chi connectivity index (χ3v) is 9.47. The number of non-ortho nitro benzene ring substituents is 1. The van der Waals surface area contributed by atoms with Crippen molar-refractivity contribution in [2.45, 2.75) is 56.5 Å². The van der Waals surface area contributed by atoms with Gasteiger partial charge in [-0.15, -0.1) is 0 Å². The average Bonchev–Trinajstić information content (AvgIpc) is 3.49. The first-order valence-corrected chi connectivity index (χ1v) is 15.6. The van der Waals surface area contributed by atoms with E-state index in [2.05, 4.69) is 91.9 Å². The second-order valence-corrected chi connectivity index (χ2v) is 12.8. The standard InChI is InChI=1S/C35H33N5O2S2/c1-21-18-22(2)33(23(3)19-21)38-24(4)20-30(25(38)5)34-32(31-8-6-7-17-36-31)37-35(43)39(34)26-9-13-28(14-10-26)44-29-15-11-27(12-16-29)40(41)42/h6-20,32,34H,1-5H3,(H,37,43)/t32-,34-/m0/s1. The predicted molar refractivity (Wildman–Crippen MR) is 181 cm³/mol. The molecule has 0 amide bonds. The van der Waals surface area contributed by atoms with Crippen LogP contribution in [0.1, 0.15) is 51.4 Å². The summed E-state index contributed by atoms with van der Waals surface area (Å²) in [6.07, 6.45) is 1.83. The van der Waals surface area contributed by atoms with Gasteiger partial charge in [0.25, 0.3) is 5.69 Å². The molecule has 0 spiro atoms. The van der Waals surface area contributed by atoms with Gasteiger partial charge in [-0.2, -0.15) is 0 Å². The zero-order chi connectivity index (χ0) is 31.1. The molecule has 0 radical (unpaired) electrons. The fourth-order valence-electron chi connectivity index (χ4n) is 6.35. The van der Waals surface area contributed by atoms with Crippen LogP contribution < -0.4 is 10.2 Å². The summed E-state index contributed by atoms with van der Waals surface area (Å²) in [5, 5.41) is 15.3. The van der Waals surface area contributed by atoms with Crippen LogP contribution in [0.25, 0.3) is 5.69 Å². The van der Waals surface area contributed by atoms with E-state index in [1.165, 1.54) is 51.5 Å². The summed E-state index contributed by atoms with van der Waals surface area (Å²) in [6.45, 7) is 10.9. The summed E-state index contributed by atoms with van der Waals surface area (Å²) in [5.74, 6) is 0. The van der Waals surface area contributed by atoms with Crippen LogP contribution in [-0.4, -0.2) is 19.6 Å². The topological polar surface area (TPSA) is 76.2 Å². The molecule has 2 aromatic heterocycles. The monoisotopic (exact) mass is 619 g/mol. The molecular formula is C35H33N5O2S2. The molecule has 3 aromatic carbocycles. The van der Waals surface area contributed by atoms with Gasteiger partial charge in [-0.05, 0) is 118 Å². The van der Waals surface area contributed by atoms with Crippen LogP contribution in [-0.2, 0) is 0 Å². The molecule has 5 aromatic rings. The number of nitrogens with zero attached hydrogens (tertiary/aromatic N) is 4. The quantitative estimate of drug-likeness (QED) is 0.111. The van der Waals surface area contributed by atoms with Crippen LogP contribution in [0.15, 0.2) is 101 Å². The maximum Gasteiger partial charge on any atom is 0.269 e. The number of hydrogen-bond acceptors (Lipinski definition) is 5. The SMILES string of the molecule is Cc1cc(C)c(-n2c(C)cc([C@H]3[C@H](c4ccccn4)NC(=S)N3c3ccc(Sc4ccc([N+](=O)[O-])cc4)cc3)c2C)c(C)c1. The summed E-state index contributed by atoms with van der Waals surface area (Å²) in [6, 6.07) is 27.4. The highest BCUT2D eigenvalue weighted by molar-refractivity contribution is 7.99. The molecule has 6 rings (SSSR count). The summed E-state index contributed by atoms with van der Waals surface area (Å²) < 4.78 is 2.37. The van der Waals surface area contributed by atoms with Crippen LogP contribution in [0.3, 0.4) is 0 Å². The van der Waals surface area contributed by atoms with Crippen LogP contribution in [0.2, 0.25) is 0 Å². The molecule has 3 heterocycles. The number of rotatable bonds is 7. The van der Waals surface area contributed by atoms with Crippen molar-refractivity contribution in [2.75, 3.05) is 4.90 Å². The first-order valence-electron chi connectivity index (χ1n) is 14.4. The van der Waals surface area contributed by atoms with Gasteiger partial charge in [0.15, 0.2) is 5.11 Å². The lowest BCUT2D eigenvalue weighted by Gasteiger charge is -2.28. The van der Waals surface area contributed by atoms with Crippen LogP contribution in [0, 0.1) is 44.7 Å². The van der Waals surface area contributed by atoms with Crippen molar-refractivity contribution in [3.63, 3.8) is 0 Å². The summed E-state index contributed by atoms with van der Waals surface area (Å²) in [5.41, 5.74) is 10.5. The number of nitro groups is 1. The highest BCUT2D eigenvalue weighted by Gasteiger charge is 2.42. The number of nitro benzene ring substituents is 1. The highest BCUT2D eigenvalue weighted by atomic mass is 32.2. The number of aryl methyl sites for hydroxylation is 4. The van der Waals surface area contributed by atoms with E-state index in [9.17, 15) is 10.1 Å². The minimum atomic E-state index is -0.384. The number of thiocarbonyl (C=S) groups is 1. The van der Waals surface area contributed by atoms with Crippen molar-refractivity contribution in [3.8, 4) is 5.69 Å². The first-order chi connectivity index (χ1) is 21.1. The van der Waals surface area contributed by atoms with Crippen molar-refractivity contribution >= 4 is 40.5 Å². The van der Waals surface area contributed by atoms with Gasteiger partial charge in [-0.3, -0.25) is 15.1 Å². The Labute approximate surface area is 267 Å². The summed E-state index contributed by atoms with van der Waals surface area (Å²) in [4.78, 5) is 19.5. The summed E-state index contributed by atoms with van der Waals surface area (Å²) >= 11 is 7.56. The van der Waals surface area contributed by atoms with Gasteiger partial charge in [0.2, 0.25) is 0 Å². The van der Waals surface area contributed by atoms with Gasteiger partial charge in [0, 0.05) is 45.2 Å². The Morgan fingerprint density at radius 2 is 1.52 bits per heavy atom. The van der Waals surface area contributed by atoms with Crippen molar-refractivity contribution in [3.05, 3.63) is 141 Å². The summed E-state index contributed by atoms with van der Waals surface area (Å²) in [7, 11) is 0. The predicted octanol–water partition coefficient (Wildman–Crippen LogP) is 8.65. The number of anilines is 1. The van der Waals surface area contributed by atoms with E-state index in [-0.39, 0.29) is 22.7 Å². The molecule has 1 aliphatic rings. The Balaban J connectivity index is 1.40. The van der Waals surface area contributed by atoms with Gasteiger partial charge in [0.1, 0.15) is 0 Å². The van der Waals surface area contributed by atoms with E-state index in [1.54, 1.807) is 23.9 Å². The maximum atomic E-state index is 11.0. The second kappa shape index (κ2) is 11.9. The lowest BCUT2D eigenvalue weighted by molar-refractivity contribution is -0.384. The Hall–Kier alpha value is -4.47. The minimum Gasteiger partial charge on any atom is -0.351 e. The van der Waals surface area contributed by atoms with Crippen molar-refractivity contribution in [1.29, 1.82) is 0 Å². The Morgan fingerprint density at radius 3 is 2.11 bits per heavy atom. The highest BCUT2D eigenvalue weighted by Crippen LogP contribution is 2.44. The lowest BCUT2D eigenvalue weighted by Crippen LogP contribution is -2.29. The largest absolute Gasteiger partial charge is 0.351 e. The van der Waals surface area contributed by atoms with Gasteiger partial charge in [-0.1, -0.05) is 35.5 Å². The van der Waals surface area contributed by atoms with Crippen molar-refractivity contribution in [1.82, 2.24) is 14.9 Å².